The summed E-state index contributed by atoms with van der Waals surface area (Å²) in [5.74, 6) is 5.54. The minimum absolute atomic E-state index is 0.189. The third kappa shape index (κ3) is 4.33. The molecule has 1 amide bonds. The zero-order valence-corrected chi connectivity index (χ0v) is 11.5. The lowest BCUT2D eigenvalue weighted by Crippen LogP contribution is -2.33. The van der Waals surface area contributed by atoms with Gasteiger partial charge in [-0.2, -0.15) is 11.8 Å². The molecule has 0 aliphatic rings. The molecule has 0 aromatic heterocycles. The number of rotatable bonds is 6. The van der Waals surface area contributed by atoms with Crippen molar-refractivity contribution in [1.29, 1.82) is 0 Å². The number of carbonyl (C=O) groups excluding carboxylic acids is 1. The van der Waals surface area contributed by atoms with E-state index < -0.39 is 0 Å². The predicted octanol–water partition coefficient (Wildman–Crippen LogP) is 1.39. The average molecular weight is 268 g/mol. The topological polar surface area (TPSA) is 75.3 Å². The lowest BCUT2D eigenvalue weighted by molar-refractivity contribution is -0.122. The molecule has 2 unspecified atom stereocenters. The van der Waals surface area contributed by atoms with Gasteiger partial charge in [0.05, 0.1) is 12.5 Å². The van der Waals surface area contributed by atoms with E-state index >= 15 is 0 Å². The van der Waals surface area contributed by atoms with E-state index in [1.165, 1.54) is 5.56 Å². The van der Waals surface area contributed by atoms with Crippen molar-refractivity contribution in [1.82, 2.24) is 5.43 Å². The third-order valence-corrected chi connectivity index (χ3v) is 4.02. The van der Waals surface area contributed by atoms with E-state index in [9.17, 15) is 4.79 Å². The largest absolute Gasteiger partial charge is 0.395 e. The van der Waals surface area contributed by atoms with E-state index in [-0.39, 0.29) is 23.7 Å². The Morgan fingerprint density at radius 3 is 2.50 bits per heavy atom. The normalized spacial score (nSPS) is 14.0. The molecule has 0 saturated heterocycles. The van der Waals surface area contributed by atoms with Crippen molar-refractivity contribution in [2.75, 3.05) is 6.61 Å². The van der Waals surface area contributed by atoms with Crippen molar-refractivity contribution in [3.8, 4) is 0 Å². The molecular formula is C13H20N2O2S. The summed E-state index contributed by atoms with van der Waals surface area (Å²) >= 11 is 1.71. The van der Waals surface area contributed by atoms with Crippen LogP contribution in [0.4, 0.5) is 0 Å². The summed E-state index contributed by atoms with van der Waals surface area (Å²) in [6.45, 7) is 4.00. The number of carbonyl (C=O) groups is 1. The number of nitrogens with one attached hydrogen (secondary N) is 1. The Hall–Kier alpha value is -1.04. The first-order valence-corrected chi connectivity index (χ1v) is 6.95. The number of nitrogens with two attached hydrogens (primary N) is 1. The Morgan fingerprint density at radius 1 is 1.39 bits per heavy atom. The zero-order chi connectivity index (χ0) is 13.5. The summed E-state index contributed by atoms with van der Waals surface area (Å²) in [7, 11) is 0. The fourth-order valence-corrected chi connectivity index (χ4v) is 2.24. The summed E-state index contributed by atoms with van der Waals surface area (Å²) < 4.78 is 0. The van der Waals surface area contributed by atoms with Crippen LogP contribution in [0.15, 0.2) is 24.3 Å². The monoisotopic (exact) mass is 268 g/mol. The molecule has 0 radical (unpaired) electrons. The van der Waals surface area contributed by atoms with Gasteiger partial charge < -0.3 is 5.11 Å². The molecule has 1 rings (SSSR count). The smallest absolute Gasteiger partial charge is 0.241 e. The first kappa shape index (κ1) is 15.0. The van der Waals surface area contributed by atoms with Crippen molar-refractivity contribution in [3.05, 3.63) is 35.4 Å². The maximum absolute atomic E-state index is 11.4. The highest BCUT2D eigenvalue weighted by Gasteiger charge is 2.13. The Labute approximate surface area is 112 Å². The number of aliphatic hydroxyl groups excluding tert-OH is 1. The first-order valence-electron chi connectivity index (χ1n) is 5.90. The summed E-state index contributed by atoms with van der Waals surface area (Å²) in [6, 6.07) is 7.90. The number of amides is 1. The highest BCUT2D eigenvalue weighted by molar-refractivity contribution is 7.99. The van der Waals surface area contributed by atoms with Gasteiger partial charge in [-0.3, -0.25) is 10.2 Å². The molecule has 0 aliphatic heterocycles. The summed E-state index contributed by atoms with van der Waals surface area (Å²) in [4.78, 5) is 11.4. The van der Waals surface area contributed by atoms with Crippen molar-refractivity contribution in [2.45, 2.75) is 30.8 Å². The molecule has 4 nitrogen and oxygen atoms in total. The minimum Gasteiger partial charge on any atom is -0.395 e. The number of hydrogen-bond acceptors (Lipinski definition) is 4. The summed E-state index contributed by atoms with van der Waals surface area (Å²) in [5, 5.41) is 9.18. The van der Waals surface area contributed by atoms with Crippen LogP contribution in [0.2, 0.25) is 0 Å². The Balaban J connectivity index is 2.60. The molecule has 0 aliphatic carbocycles. The molecule has 0 fully saturated rings. The van der Waals surface area contributed by atoms with E-state index in [2.05, 4.69) is 5.43 Å². The van der Waals surface area contributed by atoms with Gasteiger partial charge in [0.1, 0.15) is 0 Å². The highest BCUT2D eigenvalue weighted by Crippen LogP contribution is 2.20. The Morgan fingerprint density at radius 2 is 2.00 bits per heavy atom. The maximum Gasteiger partial charge on any atom is 0.241 e. The lowest BCUT2D eigenvalue weighted by Gasteiger charge is -2.11. The van der Waals surface area contributed by atoms with Gasteiger partial charge in [-0.15, -0.1) is 0 Å². The second-order valence-electron chi connectivity index (χ2n) is 4.28. The molecule has 0 spiro atoms. The third-order valence-electron chi connectivity index (χ3n) is 2.81. The van der Waals surface area contributed by atoms with Crippen LogP contribution in [0, 0.1) is 0 Å². The number of benzene rings is 1. The number of thioether (sulfide) groups is 1. The van der Waals surface area contributed by atoms with Gasteiger partial charge >= 0.3 is 0 Å². The van der Waals surface area contributed by atoms with Gasteiger partial charge in [0, 0.05) is 11.0 Å². The van der Waals surface area contributed by atoms with E-state index in [0.29, 0.717) is 0 Å². The zero-order valence-electron chi connectivity index (χ0n) is 10.7. The minimum atomic E-state index is -0.243. The molecule has 2 atom stereocenters. The standard InChI is InChI=1S/C13H20N2O2S/c1-9(7-16)18-8-11-3-5-12(6-4-11)10(2)13(17)15-14/h3-6,9-10,16H,7-8,14H2,1-2H3,(H,15,17). The number of hydrogen-bond donors (Lipinski definition) is 3. The first-order chi connectivity index (χ1) is 8.58. The molecule has 0 bridgehead atoms. The van der Waals surface area contributed by atoms with Gasteiger partial charge in [-0.1, -0.05) is 31.2 Å². The van der Waals surface area contributed by atoms with Gasteiger partial charge in [0.15, 0.2) is 0 Å². The fraction of sp³-hybridized carbons (Fsp3) is 0.462. The van der Waals surface area contributed by atoms with Crippen molar-refractivity contribution < 1.29 is 9.90 Å². The van der Waals surface area contributed by atoms with Crippen LogP contribution in [-0.4, -0.2) is 22.9 Å². The molecule has 1 aromatic carbocycles. The molecule has 4 N–H and O–H groups in total. The molecule has 1 aromatic rings. The average Bonchev–Trinajstić information content (AvgIpc) is 2.43. The molecule has 100 valence electrons. The van der Waals surface area contributed by atoms with Gasteiger partial charge in [-0.05, 0) is 18.1 Å². The van der Waals surface area contributed by atoms with Crippen LogP contribution < -0.4 is 11.3 Å². The lowest BCUT2D eigenvalue weighted by atomic mass is 9.99. The van der Waals surface area contributed by atoms with E-state index in [1.807, 2.05) is 38.1 Å². The second-order valence-corrected chi connectivity index (χ2v) is 5.70. The van der Waals surface area contributed by atoms with Crippen LogP contribution in [0.5, 0.6) is 0 Å². The number of aliphatic hydroxyl groups is 1. The van der Waals surface area contributed by atoms with Crippen molar-refractivity contribution in [3.63, 3.8) is 0 Å². The van der Waals surface area contributed by atoms with Crippen molar-refractivity contribution >= 4 is 17.7 Å². The van der Waals surface area contributed by atoms with E-state index in [0.717, 1.165) is 11.3 Å². The van der Waals surface area contributed by atoms with E-state index in [4.69, 9.17) is 10.9 Å². The quantitative estimate of drug-likeness (QED) is 0.414. The van der Waals surface area contributed by atoms with Crippen molar-refractivity contribution in [2.24, 2.45) is 5.84 Å². The van der Waals surface area contributed by atoms with Crippen LogP contribution in [-0.2, 0) is 10.5 Å². The summed E-state index contributed by atoms with van der Waals surface area (Å²) in [6.07, 6.45) is 0. The maximum atomic E-state index is 11.4. The fourth-order valence-electron chi connectivity index (χ4n) is 1.47. The Bertz CT molecular complexity index is 381. The number of hydrazine groups is 1. The van der Waals surface area contributed by atoms with Crippen LogP contribution in [0.1, 0.15) is 30.9 Å². The van der Waals surface area contributed by atoms with Crippen LogP contribution in [0.3, 0.4) is 0 Å². The van der Waals surface area contributed by atoms with Gasteiger partial charge in [0.2, 0.25) is 5.91 Å². The van der Waals surface area contributed by atoms with Gasteiger partial charge in [0.25, 0.3) is 0 Å². The molecule has 18 heavy (non-hydrogen) atoms. The molecule has 5 heteroatoms. The molecule has 0 saturated carbocycles. The molecular weight excluding hydrogens is 248 g/mol. The van der Waals surface area contributed by atoms with Crippen LogP contribution in [0.25, 0.3) is 0 Å². The SMILES string of the molecule is CC(CO)SCc1ccc(C(C)C(=O)NN)cc1. The van der Waals surface area contributed by atoms with Crippen LogP contribution >= 0.6 is 11.8 Å². The Kier molecular flexibility index (Phi) is 6.18. The molecule has 0 heterocycles. The van der Waals surface area contributed by atoms with Gasteiger partial charge in [-0.25, -0.2) is 5.84 Å². The van der Waals surface area contributed by atoms with E-state index in [1.54, 1.807) is 11.8 Å². The predicted molar refractivity (Wildman–Crippen MR) is 75.0 cm³/mol. The summed E-state index contributed by atoms with van der Waals surface area (Å²) in [5.41, 5.74) is 4.29. The second kappa shape index (κ2) is 7.41. The highest BCUT2D eigenvalue weighted by atomic mass is 32.2.